The van der Waals surface area contributed by atoms with Crippen molar-refractivity contribution in [1.29, 1.82) is 0 Å². The molecular weight excluding hydrogens is 196 g/mol. The number of nitrogens with zero attached hydrogens (tertiary/aromatic N) is 1. The Labute approximate surface area is 89.4 Å². The number of carboxylic acids is 1. The summed E-state index contributed by atoms with van der Waals surface area (Å²) < 4.78 is 0. The first-order chi connectivity index (χ1) is 7.08. The Balaban J connectivity index is 2.22. The average Bonchev–Trinajstić information content (AvgIpc) is 2.15. The molecule has 1 unspecified atom stereocenters. The minimum Gasteiger partial charge on any atom is -0.480 e. The Hall–Kier alpha value is -1.10. The summed E-state index contributed by atoms with van der Waals surface area (Å²) in [6.45, 7) is 1.75. The molecule has 0 aromatic carbocycles. The van der Waals surface area contributed by atoms with Crippen molar-refractivity contribution in [2.75, 3.05) is 26.7 Å². The standard InChI is InChI=1S/C10H18N2O3/c1-12-4-2-3-8(7-12)5-9(13)11-6-10(14)15/h8H,2-7H2,1H3,(H,11,13)(H,14,15). The molecule has 0 aromatic heterocycles. The molecule has 1 aliphatic rings. The van der Waals surface area contributed by atoms with Gasteiger partial charge in [-0.15, -0.1) is 0 Å². The first-order valence-electron chi connectivity index (χ1n) is 5.25. The van der Waals surface area contributed by atoms with Crippen LogP contribution in [0, 0.1) is 5.92 Å². The van der Waals surface area contributed by atoms with Gasteiger partial charge in [0, 0.05) is 13.0 Å². The molecule has 5 nitrogen and oxygen atoms in total. The van der Waals surface area contributed by atoms with Crippen molar-refractivity contribution in [2.45, 2.75) is 19.3 Å². The summed E-state index contributed by atoms with van der Waals surface area (Å²) in [7, 11) is 2.04. The largest absolute Gasteiger partial charge is 0.480 e. The minimum absolute atomic E-state index is 0.155. The van der Waals surface area contributed by atoms with Gasteiger partial charge in [-0.25, -0.2) is 0 Å². The van der Waals surface area contributed by atoms with Gasteiger partial charge < -0.3 is 15.3 Å². The average molecular weight is 214 g/mol. The number of piperidine rings is 1. The van der Waals surface area contributed by atoms with E-state index in [1.54, 1.807) is 0 Å². The molecule has 1 atom stereocenters. The number of hydrogen-bond donors (Lipinski definition) is 2. The lowest BCUT2D eigenvalue weighted by Crippen LogP contribution is -2.36. The summed E-state index contributed by atoms with van der Waals surface area (Å²) in [5, 5.41) is 10.8. The number of nitrogens with one attached hydrogen (secondary N) is 1. The molecule has 1 aliphatic heterocycles. The Morgan fingerprint density at radius 2 is 2.27 bits per heavy atom. The van der Waals surface area contributed by atoms with E-state index in [9.17, 15) is 9.59 Å². The molecule has 0 bridgehead atoms. The van der Waals surface area contributed by atoms with E-state index in [2.05, 4.69) is 10.2 Å². The number of carbonyl (C=O) groups is 2. The highest BCUT2D eigenvalue weighted by Gasteiger charge is 2.19. The second-order valence-electron chi connectivity index (χ2n) is 4.15. The van der Waals surface area contributed by atoms with Gasteiger partial charge in [0.1, 0.15) is 6.54 Å². The van der Waals surface area contributed by atoms with Crippen LogP contribution in [0.25, 0.3) is 0 Å². The molecule has 1 rings (SSSR count). The van der Waals surface area contributed by atoms with E-state index in [1.165, 1.54) is 0 Å². The number of carboxylic acid groups (broad SMARTS) is 1. The van der Waals surface area contributed by atoms with Gasteiger partial charge in [-0.2, -0.15) is 0 Å². The predicted molar refractivity (Wildman–Crippen MR) is 55.5 cm³/mol. The molecule has 0 radical (unpaired) electrons. The van der Waals surface area contributed by atoms with Gasteiger partial charge in [0.2, 0.25) is 5.91 Å². The predicted octanol–water partition coefficient (Wildman–Crippen LogP) is -0.0809. The van der Waals surface area contributed by atoms with E-state index in [-0.39, 0.29) is 12.5 Å². The zero-order chi connectivity index (χ0) is 11.3. The third-order valence-corrected chi connectivity index (χ3v) is 2.63. The quantitative estimate of drug-likeness (QED) is 0.686. The molecule has 1 amide bonds. The van der Waals surface area contributed by atoms with Gasteiger partial charge in [0.15, 0.2) is 0 Å². The van der Waals surface area contributed by atoms with Crippen molar-refractivity contribution in [3.8, 4) is 0 Å². The highest BCUT2D eigenvalue weighted by molar-refractivity contribution is 5.81. The third-order valence-electron chi connectivity index (χ3n) is 2.63. The molecule has 1 saturated heterocycles. The monoisotopic (exact) mass is 214 g/mol. The van der Waals surface area contributed by atoms with E-state index in [1.807, 2.05) is 7.05 Å². The fourth-order valence-electron chi connectivity index (χ4n) is 1.95. The van der Waals surface area contributed by atoms with Crippen molar-refractivity contribution >= 4 is 11.9 Å². The number of rotatable bonds is 4. The minimum atomic E-state index is -0.996. The first kappa shape index (κ1) is 12.0. The lowest BCUT2D eigenvalue weighted by Gasteiger charge is -2.29. The number of amides is 1. The van der Waals surface area contributed by atoms with Crippen LogP contribution in [0.5, 0.6) is 0 Å². The molecule has 86 valence electrons. The summed E-state index contributed by atoms with van der Waals surface area (Å²) in [6.07, 6.45) is 2.62. The second-order valence-corrected chi connectivity index (χ2v) is 4.15. The maximum absolute atomic E-state index is 11.3. The van der Waals surface area contributed by atoms with Gasteiger partial charge in [0.25, 0.3) is 0 Å². The highest BCUT2D eigenvalue weighted by atomic mass is 16.4. The number of likely N-dealkylation sites (tertiary alicyclic amines) is 1. The van der Waals surface area contributed by atoms with Crippen molar-refractivity contribution in [2.24, 2.45) is 5.92 Å². The molecular formula is C10H18N2O3. The van der Waals surface area contributed by atoms with E-state index in [4.69, 9.17) is 5.11 Å². The van der Waals surface area contributed by atoms with Gasteiger partial charge in [0.05, 0.1) is 0 Å². The molecule has 2 N–H and O–H groups in total. The Kier molecular flexibility index (Phi) is 4.55. The zero-order valence-electron chi connectivity index (χ0n) is 9.03. The highest BCUT2D eigenvalue weighted by Crippen LogP contribution is 2.17. The Morgan fingerprint density at radius 3 is 2.87 bits per heavy atom. The fraction of sp³-hybridized carbons (Fsp3) is 0.800. The topological polar surface area (TPSA) is 69.6 Å². The van der Waals surface area contributed by atoms with Gasteiger partial charge in [-0.3, -0.25) is 9.59 Å². The van der Waals surface area contributed by atoms with Crippen LogP contribution < -0.4 is 5.32 Å². The number of hydrogen-bond acceptors (Lipinski definition) is 3. The van der Waals surface area contributed by atoms with Crippen LogP contribution in [-0.4, -0.2) is 48.6 Å². The van der Waals surface area contributed by atoms with Gasteiger partial charge >= 0.3 is 5.97 Å². The SMILES string of the molecule is CN1CCCC(CC(=O)NCC(=O)O)C1. The molecule has 1 heterocycles. The molecule has 15 heavy (non-hydrogen) atoms. The van der Waals surface area contributed by atoms with Crippen LogP contribution >= 0.6 is 0 Å². The molecule has 1 fully saturated rings. The van der Waals surface area contributed by atoms with Gasteiger partial charge in [-0.05, 0) is 32.4 Å². The smallest absolute Gasteiger partial charge is 0.322 e. The molecule has 0 spiro atoms. The van der Waals surface area contributed by atoms with Crippen LogP contribution in [0.3, 0.4) is 0 Å². The van der Waals surface area contributed by atoms with Crippen LogP contribution in [0.2, 0.25) is 0 Å². The first-order valence-corrected chi connectivity index (χ1v) is 5.25. The zero-order valence-corrected chi connectivity index (χ0v) is 9.03. The van der Waals surface area contributed by atoms with Crippen molar-refractivity contribution in [1.82, 2.24) is 10.2 Å². The molecule has 0 aromatic rings. The Morgan fingerprint density at radius 1 is 1.53 bits per heavy atom. The van der Waals surface area contributed by atoms with E-state index >= 15 is 0 Å². The van der Waals surface area contributed by atoms with Crippen molar-refractivity contribution < 1.29 is 14.7 Å². The van der Waals surface area contributed by atoms with E-state index in [0.717, 1.165) is 25.9 Å². The summed E-state index contributed by atoms with van der Waals surface area (Å²) in [5.41, 5.74) is 0. The normalized spacial score (nSPS) is 22.3. The summed E-state index contributed by atoms with van der Waals surface area (Å²) in [6, 6.07) is 0. The van der Waals surface area contributed by atoms with Crippen LogP contribution in [0.4, 0.5) is 0 Å². The third kappa shape index (κ3) is 4.78. The summed E-state index contributed by atoms with van der Waals surface area (Å²) in [4.78, 5) is 23.8. The van der Waals surface area contributed by atoms with Crippen molar-refractivity contribution in [3.05, 3.63) is 0 Å². The molecule has 0 aliphatic carbocycles. The summed E-state index contributed by atoms with van der Waals surface area (Å²) in [5.74, 6) is -0.778. The van der Waals surface area contributed by atoms with Crippen LogP contribution in [-0.2, 0) is 9.59 Å². The summed E-state index contributed by atoms with van der Waals surface area (Å²) >= 11 is 0. The molecule has 0 saturated carbocycles. The van der Waals surface area contributed by atoms with Crippen molar-refractivity contribution in [3.63, 3.8) is 0 Å². The maximum atomic E-state index is 11.3. The fourth-order valence-corrected chi connectivity index (χ4v) is 1.95. The maximum Gasteiger partial charge on any atom is 0.322 e. The number of carbonyl (C=O) groups excluding carboxylic acids is 1. The lowest BCUT2D eigenvalue weighted by molar-refractivity contribution is -0.138. The number of aliphatic carboxylic acids is 1. The molecule has 5 heteroatoms. The van der Waals surface area contributed by atoms with Gasteiger partial charge in [-0.1, -0.05) is 0 Å². The Bertz CT molecular complexity index is 243. The van der Waals surface area contributed by atoms with Crippen LogP contribution in [0.15, 0.2) is 0 Å². The van der Waals surface area contributed by atoms with Crippen LogP contribution in [0.1, 0.15) is 19.3 Å². The second kappa shape index (κ2) is 5.70. The van der Waals surface area contributed by atoms with E-state index in [0.29, 0.717) is 12.3 Å². The van der Waals surface area contributed by atoms with E-state index < -0.39 is 5.97 Å². The lowest BCUT2D eigenvalue weighted by atomic mass is 9.95.